The van der Waals surface area contributed by atoms with Crippen molar-refractivity contribution in [1.29, 1.82) is 0 Å². The van der Waals surface area contributed by atoms with Crippen LogP contribution >= 0.6 is 22.6 Å². The Balaban J connectivity index is 2.33. The summed E-state index contributed by atoms with van der Waals surface area (Å²) < 4.78 is 0.143. The van der Waals surface area contributed by atoms with Gasteiger partial charge in [0.1, 0.15) is 0 Å². The van der Waals surface area contributed by atoms with Crippen molar-refractivity contribution in [2.45, 2.75) is 18.9 Å². The lowest BCUT2D eigenvalue weighted by atomic mass is 10.1. The van der Waals surface area contributed by atoms with Gasteiger partial charge in [0, 0.05) is 41.7 Å². The molecule has 2 N–H and O–H groups in total. The van der Waals surface area contributed by atoms with E-state index in [0.717, 1.165) is 25.9 Å². The maximum atomic E-state index is 10.8. The molecule has 0 bridgehead atoms. The fourth-order valence-electron chi connectivity index (χ4n) is 1.08. The predicted octanol–water partition coefficient (Wildman–Crippen LogP) is 0.965. The molecule has 0 aromatic carbocycles. The monoisotopic (exact) mass is 254 g/mol. The molecular formula is C6H11IN2O. The van der Waals surface area contributed by atoms with Gasteiger partial charge in [-0.1, -0.05) is 0 Å². The Morgan fingerprint density at radius 2 is 2.00 bits per heavy atom. The van der Waals surface area contributed by atoms with Gasteiger partial charge < -0.3 is 10.6 Å². The van der Waals surface area contributed by atoms with Gasteiger partial charge in [-0.15, -0.1) is 0 Å². The fraction of sp³-hybridized carbons (Fsp3) is 0.833. The second-order valence-electron chi connectivity index (χ2n) is 2.58. The van der Waals surface area contributed by atoms with Crippen LogP contribution in [0.2, 0.25) is 0 Å². The van der Waals surface area contributed by atoms with E-state index in [9.17, 15) is 4.79 Å². The third-order valence-electron chi connectivity index (χ3n) is 1.79. The van der Waals surface area contributed by atoms with Crippen molar-refractivity contribution in [1.82, 2.24) is 4.90 Å². The number of nitrogens with zero attached hydrogens (tertiary/aromatic N) is 1. The Bertz CT molecular complexity index is 132. The minimum Gasteiger partial charge on any atom is -0.334 e. The summed E-state index contributed by atoms with van der Waals surface area (Å²) in [6.07, 6.45) is 1.91. The topological polar surface area (TPSA) is 46.3 Å². The summed E-state index contributed by atoms with van der Waals surface area (Å²) in [5.41, 5.74) is 5.66. The number of carbonyl (C=O) groups excluding carboxylic acids is 1. The second-order valence-corrected chi connectivity index (χ2v) is 3.50. The molecule has 0 spiro atoms. The van der Waals surface area contributed by atoms with Crippen molar-refractivity contribution < 1.29 is 4.79 Å². The summed E-state index contributed by atoms with van der Waals surface area (Å²) >= 11 is 1.82. The van der Waals surface area contributed by atoms with Gasteiger partial charge in [-0.2, -0.15) is 0 Å². The molecule has 58 valence electrons. The van der Waals surface area contributed by atoms with Gasteiger partial charge in [0.15, 0.2) is 0 Å². The Labute approximate surface area is 74.1 Å². The number of hydrogen-bond acceptors (Lipinski definition) is 2. The first-order valence-corrected chi connectivity index (χ1v) is 4.48. The Morgan fingerprint density at radius 1 is 1.50 bits per heavy atom. The molecule has 1 heterocycles. The lowest BCUT2D eigenvalue weighted by molar-refractivity contribution is 0.209. The zero-order valence-corrected chi connectivity index (χ0v) is 7.87. The van der Waals surface area contributed by atoms with Gasteiger partial charge in [-0.3, -0.25) is 4.79 Å². The van der Waals surface area contributed by atoms with E-state index in [0.29, 0.717) is 6.04 Å². The summed E-state index contributed by atoms with van der Waals surface area (Å²) in [5, 5.41) is 0. The van der Waals surface area contributed by atoms with Crippen molar-refractivity contribution in [3.8, 4) is 0 Å². The van der Waals surface area contributed by atoms with Crippen LogP contribution in [0.4, 0.5) is 4.79 Å². The first-order chi connectivity index (χ1) is 4.70. The van der Waals surface area contributed by atoms with Gasteiger partial charge >= 0.3 is 0 Å². The number of rotatable bonds is 0. The highest BCUT2D eigenvalue weighted by molar-refractivity contribution is 14.1. The average Bonchev–Trinajstić information content (AvgIpc) is 1.88. The van der Waals surface area contributed by atoms with Crippen molar-refractivity contribution >= 4 is 26.5 Å². The predicted molar refractivity (Wildman–Crippen MR) is 48.2 cm³/mol. The van der Waals surface area contributed by atoms with Gasteiger partial charge in [-0.25, -0.2) is 0 Å². The van der Waals surface area contributed by atoms with Gasteiger partial charge in [-0.05, 0) is 12.8 Å². The molecule has 0 aromatic heterocycles. The minimum atomic E-state index is 0.143. The molecule has 1 rings (SSSR count). The van der Waals surface area contributed by atoms with Gasteiger partial charge in [0.25, 0.3) is 3.91 Å². The molecule has 0 aliphatic carbocycles. The molecule has 0 aromatic rings. The van der Waals surface area contributed by atoms with Crippen molar-refractivity contribution in [2.75, 3.05) is 13.1 Å². The normalized spacial score (nSPS) is 21.2. The fourth-order valence-corrected chi connectivity index (χ4v) is 1.56. The zero-order valence-electron chi connectivity index (χ0n) is 5.72. The van der Waals surface area contributed by atoms with E-state index in [1.807, 2.05) is 27.5 Å². The number of piperidine rings is 1. The first kappa shape index (κ1) is 8.26. The molecule has 0 atom stereocenters. The smallest absolute Gasteiger partial charge is 0.283 e. The maximum absolute atomic E-state index is 10.8. The van der Waals surface area contributed by atoms with E-state index in [4.69, 9.17) is 5.73 Å². The van der Waals surface area contributed by atoms with Crippen LogP contribution in [0.1, 0.15) is 12.8 Å². The van der Waals surface area contributed by atoms with Crippen LogP contribution in [0.5, 0.6) is 0 Å². The van der Waals surface area contributed by atoms with E-state index in [-0.39, 0.29) is 3.91 Å². The van der Waals surface area contributed by atoms with Crippen LogP contribution in [0.3, 0.4) is 0 Å². The van der Waals surface area contributed by atoms with Crippen molar-refractivity contribution in [3.05, 3.63) is 0 Å². The van der Waals surface area contributed by atoms with E-state index in [1.165, 1.54) is 0 Å². The summed E-state index contributed by atoms with van der Waals surface area (Å²) in [6, 6.07) is 0.312. The number of likely N-dealkylation sites (tertiary alicyclic amines) is 1. The largest absolute Gasteiger partial charge is 0.334 e. The van der Waals surface area contributed by atoms with E-state index in [1.54, 1.807) is 0 Å². The van der Waals surface area contributed by atoms with Gasteiger partial charge in [0.05, 0.1) is 0 Å². The molecule has 1 fully saturated rings. The van der Waals surface area contributed by atoms with Crippen LogP contribution in [0.15, 0.2) is 0 Å². The molecule has 1 aliphatic rings. The maximum Gasteiger partial charge on any atom is 0.283 e. The number of nitrogens with two attached hydrogens (primary N) is 1. The Morgan fingerprint density at radius 3 is 2.40 bits per heavy atom. The molecule has 4 heteroatoms. The van der Waals surface area contributed by atoms with Crippen molar-refractivity contribution in [2.24, 2.45) is 5.73 Å². The van der Waals surface area contributed by atoms with Crippen LogP contribution in [-0.2, 0) is 0 Å². The van der Waals surface area contributed by atoms with Crippen molar-refractivity contribution in [3.63, 3.8) is 0 Å². The molecule has 10 heavy (non-hydrogen) atoms. The lowest BCUT2D eigenvalue weighted by Crippen LogP contribution is -2.40. The molecule has 0 radical (unpaired) electrons. The quantitative estimate of drug-likeness (QED) is 0.397. The first-order valence-electron chi connectivity index (χ1n) is 3.40. The third-order valence-corrected chi connectivity index (χ3v) is 2.47. The standard InChI is InChI=1S/C6H11IN2O/c7-6(10)9-3-1-5(8)2-4-9/h5H,1-4,8H2. The number of amides is 1. The third kappa shape index (κ3) is 2.09. The molecule has 0 saturated carbocycles. The summed E-state index contributed by atoms with van der Waals surface area (Å²) in [4.78, 5) is 12.6. The van der Waals surface area contributed by atoms with E-state index >= 15 is 0 Å². The summed E-state index contributed by atoms with van der Waals surface area (Å²) in [7, 11) is 0. The SMILES string of the molecule is NC1CCN(C(=O)I)CC1. The Hall–Kier alpha value is 0.160. The van der Waals surface area contributed by atoms with Crippen LogP contribution < -0.4 is 5.73 Å². The van der Waals surface area contributed by atoms with Gasteiger partial charge in [0.2, 0.25) is 0 Å². The summed E-state index contributed by atoms with van der Waals surface area (Å²) in [5.74, 6) is 0. The Kier molecular flexibility index (Phi) is 2.91. The molecule has 1 aliphatic heterocycles. The molecule has 0 unspecified atom stereocenters. The molecular weight excluding hydrogens is 243 g/mol. The zero-order chi connectivity index (χ0) is 7.56. The lowest BCUT2D eigenvalue weighted by Gasteiger charge is -2.28. The highest BCUT2D eigenvalue weighted by Gasteiger charge is 2.17. The number of hydrogen-bond donors (Lipinski definition) is 1. The molecule has 3 nitrogen and oxygen atoms in total. The second kappa shape index (κ2) is 3.52. The highest BCUT2D eigenvalue weighted by Crippen LogP contribution is 2.10. The van der Waals surface area contributed by atoms with E-state index in [2.05, 4.69) is 0 Å². The van der Waals surface area contributed by atoms with Crippen LogP contribution in [0, 0.1) is 0 Å². The van der Waals surface area contributed by atoms with Crippen LogP contribution in [0.25, 0.3) is 0 Å². The molecule has 1 amide bonds. The molecule has 1 saturated heterocycles. The average molecular weight is 254 g/mol. The summed E-state index contributed by atoms with van der Waals surface area (Å²) in [6.45, 7) is 1.67. The number of carbonyl (C=O) groups is 1. The number of halogens is 1. The van der Waals surface area contributed by atoms with E-state index < -0.39 is 0 Å². The minimum absolute atomic E-state index is 0.143. The highest BCUT2D eigenvalue weighted by atomic mass is 127. The van der Waals surface area contributed by atoms with Crippen LogP contribution in [-0.4, -0.2) is 27.9 Å².